The molecule has 0 unspecified atom stereocenters. The summed E-state index contributed by atoms with van der Waals surface area (Å²) < 4.78 is 0. The zero-order valence-corrected chi connectivity index (χ0v) is 11.5. The Bertz CT molecular complexity index is 760. The highest BCUT2D eigenvalue weighted by Gasteiger charge is 2.15. The molecule has 108 valence electrons. The van der Waals surface area contributed by atoms with E-state index in [1.807, 2.05) is 0 Å². The molecule has 7 nitrogen and oxygen atoms in total. The summed E-state index contributed by atoms with van der Waals surface area (Å²) in [6.45, 7) is 3.28. The van der Waals surface area contributed by atoms with Crippen LogP contribution in [0.25, 0.3) is 0 Å². The number of hydrogen-bond acceptors (Lipinski definition) is 4. The van der Waals surface area contributed by atoms with Gasteiger partial charge < -0.3 is 10.3 Å². The maximum absolute atomic E-state index is 12.0. The summed E-state index contributed by atoms with van der Waals surface area (Å²) in [7, 11) is 0. The molecule has 0 bridgehead atoms. The Morgan fingerprint density at radius 1 is 1.24 bits per heavy atom. The number of hydrogen-bond donors (Lipinski definition) is 2. The third-order valence-corrected chi connectivity index (χ3v) is 3.03. The molecule has 0 atom stereocenters. The number of carbonyl (C=O) groups is 1. The van der Waals surface area contributed by atoms with Gasteiger partial charge in [-0.3, -0.25) is 19.7 Å². The number of benzene rings is 1. The van der Waals surface area contributed by atoms with Crippen molar-refractivity contribution in [3.05, 3.63) is 67.6 Å². The Morgan fingerprint density at radius 2 is 1.95 bits per heavy atom. The number of aryl methyl sites for hydroxylation is 2. The molecule has 1 amide bonds. The summed E-state index contributed by atoms with van der Waals surface area (Å²) in [6, 6.07) is 5.62. The molecule has 2 N–H and O–H groups in total. The average molecular weight is 287 g/mol. The van der Waals surface area contributed by atoms with Crippen molar-refractivity contribution in [1.82, 2.24) is 4.98 Å². The minimum absolute atomic E-state index is 0.00883. The van der Waals surface area contributed by atoms with Crippen molar-refractivity contribution in [3.8, 4) is 0 Å². The summed E-state index contributed by atoms with van der Waals surface area (Å²) in [5.41, 5.74) is 1.55. The van der Waals surface area contributed by atoms with E-state index in [0.29, 0.717) is 22.4 Å². The van der Waals surface area contributed by atoms with Gasteiger partial charge in [0.2, 0.25) is 5.56 Å². The predicted octanol–water partition coefficient (Wildman–Crippen LogP) is 2.15. The van der Waals surface area contributed by atoms with Gasteiger partial charge >= 0.3 is 0 Å². The Kier molecular flexibility index (Phi) is 3.84. The molecule has 0 saturated heterocycles. The molecule has 1 aromatic heterocycles. The molecule has 0 radical (unpaired) electrons. The number of H-pyrrole nitrogens is 1. The number of aromatic amines is 1. The van der Waals surface area contributed by atoms with E-state index in [2.05, 4.69) is 10.3 Å². The van der Waals surface area contributed by atoms with E-state index in [-0.39, 0.29) is 11.2 Å². The van der Waals surface area contributed by atoms with Gasteiger partial charge in [0, 0.05) is 29.6 Å². The van der Waals surface area contributed by atoms with Gasteiger partial charge in [-0.15, -0.1) is 0 Å². The molecule has 1 aromatic carbocycles. The van der Waals surface area contributed by atoms with Gasteiger partial charge in [-0.25, -0.2) is 0 Å². The van der Waals surface area contributed by atoms with E-state index < -0.39 is 10.8 Å². The van der Waals surface area contributed by atoms with Gasteiger partial charge in [-0.05, 0) is 31.5 Å². The highest BCUT2D eigenvalue weighted by Crippen LogP contribution is 2.26. The van der Waals surface area contributed by atoms with E-state index in [1.54, 1.807) is 19.9 Å². The molecule has 0 saturated carbocycles. The third kappa shape index (κ3) is 3.14. The van der Waals surface area contributed by atoms with Gasteiger partial charge in [0.1, 0.15) is 0 Å². The van der Waals surface area contributed by atoms with Gasteiger partial charge in [-0.1, -0.05) is 0 Å². The number of nitro benzene ring substituents is 1. The summed E-state index contributed by atoms with van der Waals surface area (Å²) in [5.74, 6) is -0.400. The lowest BCUT2D eigenvalue weighted by atomic mass is 10.1. The smallest absolute Gasteiger partial charge is 0.272 e. The molecule has 0 fully saturated rings. The Labute approximate surface area is 119 Å². The number of amides is 1. The second-order valence-electron chi connectivity index (χ2n) is 4.61. The number of carbonyl (C=O) groups excluding carboxylic acids is 1. The SMILES string of the molecule is Cc1cc([N+](=O)[O-])c(C)cc1NC(=O)c1ccc(=O)[nH]c1. The van der Waals surface area contributed by atoms with Crippen LogP contribution in [0.2, 0.25) is 0 Å². The maximum Gasteiger partial charge on any atom is 0.272 e. The standard InChI is InChI=1S/C14H13N3O4/c1-8-6-12(17(20)21)9(2)5-11(8)16-14(19)10-3-4-13(18)15-7-10/h3-7H,1-2H3,(H,15,18)(H,16,19). The zero-order valence-electron chi connectivity index (χ0n) is 11.5. The maximum atomic E-state index is 12.0. The van der Waals surface area contributed by atoms with Crippen LogP contribution in [0.5, 0.6) is 0 Å². The average Bonchev–Trinajstić information content (AvgIpc) is 2.42. The van der Waals surface area contributed by atoms with Crippen LogP contribution in [0, 0.1) is 24.0 Å². The Balaban J connectivity index is 2.29. The van der Waals surface area contributed by atoms with E-state index in [0.717, 1.165) is 0 Å². The Hall–Kier alpha value is -2.96. The molecule has 1 heterocycles. The lowest BCUT2D eigenvalue weighted by Crippen LogP contribution is -2.15. The number of aromatic nitrogens is 1. The van der Waals surface area contributed by atoms with Crippen LogP contribution in [0.15, 0.2) is 35.3 Å². The fourth-order valence-corrected chi connectivity index (χ4v) is 1.88. The molecule has 0 aliphatic carbocycles. The van der Waals surface area contributed by atoms with Gasteiger partial charge in [-0.2, -0.15) is 0 Å². The van der Waals surface area contributed by atoms with Crippen LogP contribution in [0.4, 0.5) is 11.4 Å². The number of nitrogens with zero attached hydrogens (tertiary/aromatic N) is 1. The molecular formula is C14H13N3O4. The van der Waals surface area contributed by atoms with Crippen molar-refractivity contribution < 1.29 is 9.72 Å². The lowest BCUT2D eigenvalue weighted by Gasteiger charge is -2.09. The molecule has 2 aromatic rings. The first-order valence-electron chi connectivity index (χ1n) is 6.14. The molecular weight excluding hydrogens is 274 g/mol. The van der Waals surface area contributed by atoms with Crippen molar-refractivity contribution in [2.45, 2.75) is 13.8 Å². The monoisotopic (exact) mass is 287 g/mol. The highest BCUT2D eigenvalue weighted by atomic mass is 16.6. The van der Waals surface area contributed by atoms with Crippen molar-refractivity contribution in [2.24, 2.45) is 0 Å². The molecule has 7 heteroatoms. The zero-order chi connectivity index (χ0) is 15.6. The van der Waals surface area contributed by atoms with Crippen LogP contribution in [-0.4, -0.2) is 15.8 Å². The number of anilines is 1. The normalized spacial score (nSPS) is 10.2. The Morgan fingerprint density at radius 3 is 2.52 bits per heavy atom. The second kappa shape index (κ2) is 5.58. The first-order valence-corrected chi connectivity index (χ1v) is 6.14. The minimum atomic E-state index is -0.462. The number of nitrogens with one attached hydrogen (secondary N) is 2. The van der Waals surface area contributed by atoms with E-state index in [1.165, 1.54) is 24.4 Å². The van der Waals surface area contributed by atoms with Crippen molar-refractivity contribution in [3.63, 3.8) is 0 Å². The van der Waals surface area contributed by atoms with Crippen LogP contribution in [-0.2, 0) is 0 Å². The summed E-state index contributed by atoms with van der Waals surface area (Å²) in [6.07, 6.45) is 1.31. The van der Waals surface area contributed by atoms with Gasteiger partial charge in [0.25, 0.3) is 11.6 Å². The van der Waals surface area contributed by atoms with Crippen LogP contribution in [0.1, 0.15) is 21.5 Å². The third-order valence-electron chi connectivity index (χ3n) is 3.03. The lowest BCUT2D eigenvalue weighted by molar-refractivity contribution is -0.385. The van der Waals surface area contributed by atoms with Crippen molar-refractivity contribution >= 4 is 17.3 Å². The van der Waals surface area contributed by atoms with Crippen LogP contribution >= 0.6 is 0 Å². The number of pyridine rings is 1. The van der Waals surface area contributed by atoms with Gasteiger partial charge in [0.15, 0.2) is 0 Å². The van der Waals surface area contributed by atoms with E-state index >= 15 is 0 Å². The predicted molar refractivity (Wildman–Crippen MR) is 77.6 cm³/mol. The van der Waals surface area contributed by atoms with E-state index in [4.69, 9.17) is 0 Å². The minimum Gasteiger partial charge on any atom is -0.328 e. The summed E-state index contributed by atoms with van der Waals surface area (Å²) in [5, 5.41) is 13.5. The van der Waals surface area contributed by atoms with Gasteiger partial charge in [0.05, 0.1) is 10.5 Å². The fraction of sp³-hybridized carbons (Fsp3) is 0.143. The molecule has 0 aliphatic rings. The highest BCUT2D eigenvalue weighted by molar-refractivity contribution is 6.04. The largest absolute Gasteiger partial charge is 0.328 e. The van der Waals surface area contributed by atoms with Crippen LogP contribution in [0.3, 0.4) is 0 Å². The first-order chi connectivity index (χ1) is 9.88. The molecule has 0 spiro atoms. The quantitative estimate of drug-likeness (QED) is 0.666. The number of rotatable bonds is 3. The van der Waals surface area contributed by atoms with Crippen molar-refractivity contribution in [1.29, 1.82) is 0 Å². The summed E-state index contributed by atoms with van der Waals surface area (Å²) in [4.78, 5) is 35.8. The van der Waals surface area contributed by atoms with Crippen LogP contribution < -0.4 is 10.9 Å². The molecule has 21 heavy (non-hydrogen) atoms. The summed E-state index contributed by atoms with van der Waals surface area (Å²) >= 11 is 0. The van der Waals surface area contributed by atoms with E-state index in [9.17, 15) is 19.7 Å². The topological polar surface area (TPSA) is 105 Å². The van der Waals surface area contributed by atoms with Crippen molar-refractivity contribution in [2.75, 3.05) is 5.32 Å². The second-order valence-corrected chi connectivity index (χ2v) is 4.61. The first kappa shape index (κ1) is 14.4. The number of nitro groups is 1. The fourth-order valence-electron chi connectivity index (χ4n) is 1.88. The molecule has 0 aliphatic heterocycles. The molecule has 2 rings (SSSR count).